The molecule has 0 aliphatic carbocycles. The number of methoxy groups -OCH3 is 1. The first-order valence-electron chi connectivity index (χ1n) is 14.6. The second kappa shape index (κ2) is 11.9. The molecule has 0 bridgehead atoms. The molecule has 3 aromatic carbocycles. The zero-order chi connectivity index (χ0) is 29.9. The van der Waals surface area contributed by atoms with Gasteiger partial charge in [0.05, 0.1) is 13.7 Å². The van der Waals surface area contributed by atoms with Crippen LogP contribution in [0.5, 0.6) is 5.75 Å². The van der Waals surface area contributed by atoms with Gasteiger partial charge in [0.25, 0.3) is 5.91 Å². The van der Waals surface area contributed by atoms with Crippen LogP contribution in [-0.4, -0.2) is 42.7 Å². The molecule has 1 atom stereocenters. The number of fused-ring (bicyclic) bond motifs is 2. The molecule has 7 aromatic rings. The molecule has 0 spiro atoms. The Morgan fingerprint density at radius 1 is 0.841 bits per heavy atom. The molecule has 0 saturated carbocycles. The molecule has 1 amide bonds. The van der Waals surface area contributed by atoms with Gasteiger partial charge >= 0.3 is 0 Å². The highest BCUT2D eigenvalue weighted by molar-refractivity contribution is 5.93. The number of nitrogens with one attached hydrogen (secondary N) is 3. The summed E-state index contributed by atoms with van der Waals surface area (Å²) in [6.45, 7) is 0.522. The van der Waals surface area contributed by atoms with Crippen molar-refractivity contribution in [1.82, 2.24) is 35.0 Å². The average Bonchev–Trinajstić information content (AvgIpc) is 3.80. The van der Waals surface area contributed by atoms with Gasteiger partial charge in [-0.25, -0.2) is 0 Å². The summed E-state index contributed by atoms with van der Waals surface area (Å²) in [5.74, 6) is 1.97. The quantitative estimate of drug-likeness (QED) is 0.183. The molecule has 4 aromatic heterocycles. The van der Waals surface area contributed by atoms with Crippen molar-refractivity contribution in [3.8, 4) is 5.75 Å². The molecule has 7 rings (SSSR count). The first-order chi connectivity index (χ1) is 21.7. The summed E-state index contributed by atoms with van der Waals surface area (Å²) < 4.78 is 7.52. The first-order valence-corrected chi connectivity index (χ1v) is 14.6. The normalized spacial score (nSPS) is 12.0. The van der Waals surface area contributed by atoms with E-state index >= 15 is 0 Å². The van der Waals surface area contributed by atoms with Gasteiger partial charge in [-0.15, -0.1) is 10.2 Å². The Morgan fingerprint density at radius 3 is 2.34 bits per heavy atom. The SMILES string of the molecule is COc1ccc(Cn2c(CCc3c[nH]c4ccccc34)nnc2[C@H](NC(=O)c2ccccn2)c2c[nH]c3ccccc23)cc1. The number of H-pyrrole nitrogens is 2. The minimum atomic E-state index is -0.590. The lowest BCUT2D eigenvalue weighted by molar-refractivity contribution is 0.0936. The zero-order valence-corrected chi connectivity index (χ0v) is 24.2. The largest absolute Gasteiger partial charge is 0.497 e. The summed E-state index contributed by atoms with van der Waals surface area (Å²) in [5.41, 5.74) is 5.60. The van der Waals surface area contributed by atoms with E-state index in [-0.39, 0.29) is 5.91 Å². The number of benzene rings is 3. The van der Waals surface area contributed by atoms with Crippen LogP contribution in [-0.2, 0) is 19.4 Å². The predicted molar refractivity (Wildman–Crippen MR) is 170 cm³/mol. The third-order valence-corrected chi connectivity index (χ3v) is 8.01. The maximum absolute atomic E-state index is 13.6. The Hall–Kier alpha value is -5.70. The summed E-state index contributed by atoms with van der Waals surface area (Å²) in [6, 6.07) is 29.0. The number of para-hydroxylation sites is 2. The van der Waals surface area contributed by atoms with Crippen molar-refractivity contribution in [3.63, 3.8) is 0 Å². The molecule has 218 valence electrons. The van der Waals surface area contributed by atoms with E-state index in [4.69, 9.17) is 14.9 Å². The molecule has 4 heterocycles. The van der Waals surface area contributed by atoms with Crippen molar-refractivity contribution in [2.45, 2.75) is 25.4 Å². The molecule has 9 heteroatoms. The smallest absolute Gasteiger partial charge is 0.270 e. The molecule has 9 nitrogen and oxygen atoms in total. The number of nitrogens with zero attached hydrogens (tertiary/aromatic N) is 4. The molecular formula is C35H31N7O2. The third-order valence-electron chi connectivity index (χ3n) is 8.01. The minimum Gasteiger partial charge on any atom is -0.497 e. The van der Waals surface area contributed by atoms with Crippen LogP contribution in [0.1, 0.15) is 44.9 Å². The Morgan fingerprint density at radius 2 is 1.57 bits per heavy atom. The van der Waals surface area contributed by atoms with Crippen molar-refractivity contribution in [3.05, 3.63) is 144 Å². The number of aromatic nitrogens is 6. The van der Waals surface area contributed by atoms with E-state index in [1.54, 1.807) is 31.5 Å². The van der Waals surface area contributed by atoms with Crippen LogP contribution < -0.4 is 10.1 Å². The Bertz CT molecular complexity index is 2040. The monoisotopic (exact) mass is 581 g/mol. The van der Waals surface area contributed by atoms with Crippen molar-refractivity contribution in [2.24, 2.45) is 0 Å². The number of hydrogen-bond acceptors (Lipinski definition) is 5. The van der Waals surface area contributed by atoms with Crippen molar-refractivity contribution >= 4 is 27.7 Å². The van der Waals surface area contributed by atoms with Crippen LogP contribution in [0, 0.1) is 0 Å². The van der Waals surface area contributed by atoms with E-state index in [0.29, 0.717) is 24.5 Å². The standard InChI is InChI=1S/C35H31N7O2/c1-44-25-16-13-23(14-17-25)22-42-32(18-15-24-20-37-29-10-4-2-8-26(24)29)40-41-34(42)33(39-35(43)31-12-6-7-19-36-31)28-21-38-30-11-5-3-9-27(28)30/h2-14,16-17,19-21,33,37-38H,15,18,22H2,1H3,(H,39,43)/t33-/m1/s1. The van der Waals surface area contributed by atoms with Crippen LogP contribution in [0.3, 0.4) is 0 Å². The van der Waals surface area contributed by atoms with Crippen LogP contribution in [0.25, 0.3) is 21.8 Å². The van der Waals surface area contributed by atoms with Crippen LogP contribution in [0.2, 0.25) is 0 Å². The van der Waals surface area contributed by atoms with Crippen molar-refractivity contribution in [1.29, 1.82) is 0 Å². The molecule has 0 aliphatic rings. The second-order valence-corrected chi connectivity index (χ2v) is 10.7. The topological polar surface area (TPSA) is 114 Å². The Kier molecular flexibility index (Phi) is 7.34. The number of rotatable bonds is 10. The number of hydrogen-bond donors (Lipinski definition) is 3. The molecule has 0 aliphatic heterocycles. The lowest BCUT2D eigenvalue weighted by Gasteiger charge is -2.20. The molecule has 0 fully saturated rings. The second-order valence-electron chi connectivity index (χ2n) is 10.7. The highest BCUT2D eigenvalue weighted by atomic mass is 16.5. The molecule has 0 radical (unpaired) electrons. The summed E-state index contributed by atoms with van der Waals surface area (Å²) in [5, 5.41) is 14.9. The van der Waals surface area contributed by atoms with Gasteiger partial charge in [-0.1, -0.05) is 54.6 Å². The molecule has 0 unspecified atom stereocenters. The Balaban J connectivity index is 1.31. The van der Waals surface area contributed by atoms with E-state index in [1.807, 2.05) is 60.8 Å². The van der Waals surface area contributed by atoms with Crippen molar-refractivity contribution < 1.29 is 9.53 Å². The highest BCUT2D eigenvalue weighted by Gasteiger charge is 2.28. The van der Waals surface area contributed by atoms with Gasteiger partial charge in [-0.05, 0) is 53.9 Å². The number of aryl methyl sites for hydroxylation is 2. The molecule has 44 heavy (non-hydrogen) atoms. The van der Waals surface area contributed by atoms with Gasteiger partial charge in [-0.3, -0.25) is 9.78 Å². The van der Waals surface area contributed by atoms with E-state index in [2.05, 4.69) is 49.2 Å². The summed E-state index contributed by atoms with van der Waals surface area (Å²) in [7, 11) is 1.66. The fraction of sp³-hybridized carbons (Fsp3) is 0.143. The van der Waals surface area contributed by atoms with Gasteiger partial charge in [-0.2, -0.15) is 0 Å². The number of carbonyl (C=O) groups excluding carboxylic acids is 1. The van der Waals surface area contributed by atoms with Gasteiger partial charge in [0.1, 0.15) is 23.3 Å². The van der Waals surface area contributed by atoms with Gasteiger partial charge in [0, 0.05) is 52.4 Å². The fourth-order valence-electron chi connectivity index (χ4n) is 5.73. The summed E-state index contributed by atoms with van der Waals surface area (Å²) in [6.07, 6.45) is 7.07. The van der Waals surface area contributed by atoms with Crippen LogP contribution >= 0.6 is 0 Å². The van der Waals surface area contributed by atoms with Gasteiger partial charge in [0.15, 0.2) is 5.82 Å². The van der Waals surface area contributed by atoms with E-state index in [1.165, 1.54) is 10.9 Å². The van der Waals surface area contributed by atoms with E-state index in [9.17, 15) is 4.79 Å². The minimum absolute atomic E-state index is 0.291. The fourth-order valence-corrected chi connectivity index (χ4v) is 5.73. The van der Waals surface area contributed by atoms with E-state index < -0.39 is 6.04 Å². The number of aromatic amines is 2. The van der Waals surface area contributed by atoms with Crippen LogP contribution in [0.4, 0.5) is 0 Å². The van der Waals surface area contributed by atoms with E-state index in [0.717, 1.165) is 45.5 Å². The lowest BCUT2D eigenvalue weighted by Crippen LogP contribution is -2.32. The summed E-state index contributed by atoms with van der Waals surface area (Å²) >= 11 is 0. The van der Waals surface area contributed by atoms with Crippen molar-refractivity contribution in [2.75, 3.05) is 7.11 Å². The maximum Gasteiger partial charge on any atom is 0.270 e. The molecule has 3 N–H and O–H groups in total. The first kappa shape index (κ1) is 27.2. The number of ether oxygens (including phenoxy) is 1. The lowest BCUT2D eigenvalue weighted by atomic mass is 10.0. The van der Waals surface area contributed by atoms with Crippen LogP contribution in [0.15, 0.2) is 110 Å². The third kappa shape index (κ3) is 5.31. The number of pyridine rings is 1. The average molecular weight is 582 g/mol. The van der Waals surface area contributed by atoms with Gasteiger partial charge < -0.3 is 24.6 Å². The zero-order valence-electron chi connectivity index (χ0n) is 24.2. The molecular weight excluding hydrogens is 550 g/mol. The number of amides is 1. The van der Waals surface area contributed by atoms with Gasteiger partial charge in [0.2, 0.25) is 0 Å². The molecule has 0 saturated heterocycles. The Labute approximate surface area is 254 Å². The number of carbonyl (C=O) groups is 1. The maximum atomic E-state index is 13.6. The predicted octanol–water partition coefficient (Wildman–Crippen LogP) is 6.00. The highest BCUT2D eigenvalue weighted by Crippen LogP contribution is 2.30. The summed E-state index contributed by atoms with van der Waals surface area (Å²) in [4.78, 5) is 24.6.